The number of benzene rings is 1. The van der Waals surface area contributed by atoms with Gasteiger partial charge in [0.05, 0.1) is 6.42 Å². The maximum atomic E-state index is 11.8. The van der Waals surface area contributed by atoms with Crippen LogP contribution in [0.25, 0.3) is 0 Å². The Balaban J connectivity index is 2.23. The summed E-state index contributed by atoms with van der Waals surface area (Å²) in [7, 11) is 0. The number of carbonyl (C=O) groups is 2. The first-order valence-electron chi connectivity index (χ1n) is 6.02. The molecule has 1 heterocycles. The maximum Gasteiger partial charge on any atom is 0.170 e. The van der Waals surface area contributed by atoms with Gasteiger partial charge < -0.3 is 5.32 Å². The van der Waals surface area contributed by atoms with Crippen LogP contribution in [-0.4, -0.2) is 24.7 Å². The van der Waals surface area contributed by atoms with Crippen LogP contribution in [0, 0.1) is 0 Å². The topological polar surface area (TPSA) is 46.2 Å². The van der Waals surface area contributed by atoms with Crippen molar-refractivity contribution in [1.82, 2.24) is 5.32 Å². The number of nitrogens with one attached hydrogen (secondary N) is 1. The number of carbonyl (C=O) groups excluding carboxylic acids is 2. The summed E-state index contributed by atoms with van der Waals surface area (Å²) < 4.78 is 0. The Hall–Kier alpha value is -1.48. The van der Waals surface area contributed by atoms with Gasteiger partial charge in [0, 0.05) is 5.56 Å². The van der Waals surface area contributed by atoms with Gasteiger partial charge in [0.15, 0.2) is 5.78 Å². The van der Waals surface area contributed by atoms with E-state index in [0.29, 0.717) is 5.56 Å². The molecule has 0 atom stereocenters. The summed E-state index contributed by atoms with van der Waals surface area (Å²) in [5, 5.41) is 3.34. The molecule has 1 aromatic rings. The highest BCUT2D eigenvalue weighted by Crippen LogP contribution is 2.16. The number of fused-ring (bicyclic) bond motifs is 1. The molecular weight excluding hydrogens is 214 g/mol. The molecule has 0 saturated heterocycles. The third-order valence-electron chi connectivity index (χ3n) is 3.08. The second kappa shape index (κ2) is 5.23. The van der Waals surface area contributed by atoms with Crippen LogP contribution in [0.3, 0.4) is 0 Å². The number of Topliss-reactive ketones (excluding diaryl/α,β-unsaturated/α-hetero) is 2. The highest BCUT2D eigenvalue weighted by molar-refractivity contribution is 6.07. The molecule has 1 N–H and O–H groups in total. The smallest absolute Gasteiger partial charge is 0.170 e. The molecule has 0 amide bonds. The molecule has 1 aliphatic rings. The molecule has 0 aliphatic carbocycles. The molecule has 0 spiro atoms. The van der Waals surface area contributed by atoms with Crippen molar-refractivity contribution < 1.29 is 9.59 Å². The molecule has 1 aliphatic heterocycles. The van der Waals surface area contributed by atoms with Crippen LogP contribution >= 0.6 is 0 Å². The van der Waals surface area contributed by atoms with E-state index >= 15 is 0 Å². The fraction of sp³-hybridized carbons (Fsp3) is 0.429. The fourth-order valence-electron chi connectivity index (χ4n) is 2.18. The highest BCUT2D eigenvalue weighted by atomic mass is 16.1. The van der Waals surface area contributed by atoms with Crippen molar-refractivity contribution in [2.75, 3.05) is 13.1 Å². The van der Waals surface area contributed by atoms with Crippen LogP contribution in [-0.2, 0) is 17.6 Å². The van der Waals surface area contributed by atoms with Gasteiger partial charge in [0.25, 0.3) is 0 Å². The van der Waals surface area contributed by atoms with E-state index < -0.39 is 0 Å². The van der Waals surface area contributed by atoms with E-state index in [4.69, 9.17) is 0 Å². The lowest BCUT2D eigenvalue weighted by molar-refractivity contribution is -0.116. The average Bonchev–Trinajstić information content (AvgIpc) is 2.51. The normalized spacial score (nSPS) is 14.9. The lowest BCUT2D eigenvalue weighted by atomic mass is 9.97. The largest absolute Gasteiger partial charge is 0.316 e. The third-order valence-corrected chi connectivity index (χ3v) is 3.08. The van der Waals surface area contributed by atoms with Gasteiger partial charge in [-0.1, -0.05) is 12.1 Å². The SMILES string of the molecule is CC(=O)CC(=O)c1ccc2c(c1)CCNCC2. The second-order valence-electron chi connectivity index (χ2n) is 4.54. The van der Waals surface area contributed by atoms with Crippen LogP contribution in [0.4, 0.5) is 0 Å². The maximum absolute atomic E-state index is 11.8. The Morgan fingerprint density at radius 1 is 1.18 bits per heavy atom. The second-order valence-corrected chi connectivity index (χ2v) is 4.54. The van der Waals surface area contributed by atoms with Crippen LogP contribution < -0.4 is 5.32 Å². The van der Waals surface area contributed by atoms with Gasteiger partial charge in [-0.3, -0.25) is 9.59 Å². The van der Waals surface area contributed by atoms with E-state index in [1.165, 1.54) is 18.1 Å². The monoisotopic (exact) mass is 231 g/mol. The van der Waals surface area contributed by atoms with Crippen LogP contribution in [0.15, 0.2) is 18.2 Å². The van der Waals surface area contributed by atoms with Gasteiger partial charge in [0.1, 0.15) is 5.78 Å². The summed E-state index contributed by atoms with van der Waals surface area (Å²) in [4.78, 5) is 22.7. The summed E-state index contributed by atoms with van der Waals surface area (Å²) >= 11 is 0. The molecule has 3 heteroatoms. The standard InChI is InChI=1S/C14H17NO2/c1-10(16)8-14(17)13-3-2-11-4-6-15-7-5-12(11)9-13/h2-3,9,15H,4-8H2,1H3. The first-order chi connectivity index (χ1) is 8.16. The van der Waals surface area contributed by atoms with Crippen molar-refractivity contribution >= 4 is 11.6 Å². The van der Waals surface area contributed by atoms with Crippen LogP contribution in [0.2, 0.25) is 0 Å². The average molecular weight is 231 g/mol. The summed E-state index contributed by atoms with van der Waals surface area (Å²) in [5.41, 5.74) is 3.22. The molecule has 2 rings (SSSR count). The number of hydrogen-bond donors (Lipinski definition) is 1. The van der Waals surface area contributed by atoms with E-state index in [2.05, 4.69) is 5.32 Å². The lowest BCUT2D eigenvalue weighted by Crippen LogP contribution is -2.16. The zero-order valence-corrected chi connectivity index (χ0v) is 10.1. The van der Waals surface area contributed by atoms with Gasteiger partial charge in [0.2, 0.25) is 0 Å². The Morgan fingerprint density at radius 3 is 2.59 bits per heavy atom. The Labute approximate surface area is 101 Å². The predicted octanol–water partition coefficient (Wildman–Crippen LogP) is 1.54. The molecule has 0 saturated carbocycles. The number of rotatable bonds is 3. The van der Waals surface area contributed by atoms with E-state index in [1.54, 1.807) is 0 Å². The first kappa shape index (κ1) is 12.0. The van der Waals surface area contributed by atoms with E-state index in [9.17, 15) is 9.59 Å². The molecule has 0 fully saturated rings. The molecule has 90 valence electrons. The zero-order chi connectivity index (χ0) is 12.3. The minimum absolute atomic E-state index is 0.0109. The predicted molar refractivity (Wildman–Crippen MR) is 66.3 cm³/mol. The molecule has 1 aromatic carbocycles. The Bertz CT molecular complexity index is 452. The highest BCUT2D eigenvalue weighted by Gasteiger charge is 2.12. The summed E-state index contributed by atoms with van der Waals surface area (Å²) in [6, 6.07) is 5.82. The molecular formula is C14H17NO2. The van der Waals surface area contributed by atoms with E-state index in [1.807, 2.05) is 18.2 Å². The van der Waals surface area contributed by atoms with Gasteiger partial charge >= 0.3 is 0 Å². The van der Waals surface area contributed by atoms with Crippen LogP contribution in [0.1, 0.15) is 34.8 Å². The Morgan fingerprint density at radius 2 is 1.88 bits per heavy atom. The quantitative estimate of drug-likeness (QED) is 0.634. The van der Waals surface area contributed by atoms with Crippen molar-refractivity contribution in [3.8, 4) is 0 Å². The van der Waals surface area contributed by atoms with E-state index in [-0.39, 0.29) is 18.0 Å². The molecule has 17 heavy (non-hydrogen) atoms. The van der Waals surface area contributed by atoms with Crippen LogP contribution in [0.5, 0.6) is 0 Å². The van der Waals surface area contributed by atoms with Gasteiger partial charge in [-0.05, 0) is 50.0 Å². The van der Waals surface area contributed by atoms with Crippen molar-refractivity contribution in [2.24, 2.45) is 0 Å². The number of ketones is 2. The van der Waals surface area contributed by atoms with E-state index in [0.717, 1.165) is 25.9 Å². The first-order valence-corrected chi connectivity index (χ1v) is 6.02. The molecule has 0 aromatic heterocycles. The minimum Gasteiger partial charge on any atom is -0.316 e. The lowest BCUT2D eigenvalue weighted by Gasteiger charge is -2.07. The van der Waals surface area contributed by atoms with Crippen molar-refractivity contribution in [2.45, 2.75) is 26.2 Å². The molecule has 0 bridgehead atoms. The summed E-state index contributed by atoms with van der Waals surface area (Å²) in [6.07, 6.45) is 1.98. The molecule has 3 nitrogen and oxygen atoms in total. The molecule has 0 radical (unpaired) electrons. The van der Waals surface area contributed by atoms with Gasteiger partial charge in [-0.25, -0.2) is 0 Å². The minimum atomic E-state index is -0.0772. The van der Waals surface area contributed by atoms with Gasteiger partial charge in [-0.2, -0.15) is 0 Å². The Kier molecular flexibility index (Phi) is 3.69. The fourth-order valence-corrected chi connectivity index (χ4v) is 2.18. The van der Waals surface area contributed by atoms with Crippen molar-refractivity contribution in [3.05, 3.63) is 34.9 Å². The van der Waals surface area contributed by atoms with Crippen molar-refractivity contribution in [1.29, 1.82) is 0 Å². The molecule has 0 unspecified atom stereocenters. The van der Waals surface area contributed by atoms with Crippen molar-refractivity contribution in [3.63, 3.8) is 0 Å². The summed E-state index contributed by atoms with van der Waals surface area (Å²) in [5.74, 6) is -0.149. The zero-order valence-electron chi connectivity index (χ0n) is 10.1. The number of hydrogen-bond acceptors (Lipinski definition) is 3. The van der Waals surface area contributed by atoms with Gasteiger partial charge in [-0.15, -0.1) is 0 Å². The third kappa shape index (κ3) is 3.01. The summed E-state index contributed by atoms with van der Waals surface area (Å²) in [6.45, 7) is 3.40.